The minimum absolute atomic E-state index is 0.0843. The zero-order chi connectivity index (χ0) is 20.2. The molecule has 0 radical (unpaired) electrons. The molecule has 9 heteroatoms. The molecule has 0 bridgehead atoms. The predicted molar refractivity (Wildman–Crippen MR) is 107 cm³/mol. The summed E-state index contributed by atoms with van der Waals surface area (Å²) in [6.07, 6.45) is 0.884. The molecule has 3 aromatic rings. The van der Waals surface area contributed by atoms with Gasteiger partial charge in [-0.1, -0.05) is 30.3 Å². The predicted octanol–water partition coefficient (Wildman–Crippen LogP) is 2.40. The maximum Gasteiger partial charge on any atom is 0.300 e. The van der Waals surface area contributed by atoms with E-state index in [0.717, 1.165) is 0 Å². The van der Waals surface area contributed by atoms with E-state index in [4.69, 9.17) is 0 Å². The molecule has 1 N–H and O–H groups in total. The maximum absolute atomic E-state index is 13.9. The lowest BCUT2D eigenvalue weighted by Gasteiger charge is -2.43. The van der Waals surface area contributed by atoms with Gasteiger partial charge in [0.2, 0.25) is 0 Å². The molecule has 1 aromatic heterocycles. The van der Waals surface area contributed by atoms with Gasteiger partial charge in [0.1, 0.15) is 11.5 Å². The average molecular weight is 412 g/mol. The second kappa shape index (κ2) is 6.21. The van der Waals surface area contributed by atoms with Crippen molar-refractivity contribution >= 4 is 15.5 Å². The lowest BCUT2D eigenvalue weighted by Crippen LogP contribution is -2.54. The largest absolute Gasteiger partial charge is 0.360 e. The Bertz CT molecular complexity index is 1290. The summed E-state index contributed by atoms with van der Waals surface area (Å²) in [4.78, 5) is 17.0. The van der Waals surface area contributed by atoms with E-state index in [2.05, 4.69) is 15.4 Å². The average Bonchev–Trinajstić information content (AvgIpc) is 2.67. The van der Waals surface area contributed by atoms with E-state index in [1.807, 2.05) is 6.07 Å². The number of sulfone groups is 1. The Kier molecular flexibility index (Phi) is 3.86. The molecular weight excluding hydrogens is 395 g/mol. The van der Waals surface area contributed by atoms with Crippen LogP contribution in [0.15, 0.2) is 53.3 Å². The highest BCUT2D eigenvalue weighted by molar-refractivity contribution is 7.91. The minimum Gasteiger partial charge on any atom is -0.360 e. The number of anilines is 1. The molecule has 0 amide bonds. The zero-order valence-corrected chi connectivity index (χ0v) is 16.1. The van der Waals surface area contributed by atoms with E-state index in [-0.39, 0.29) is 23.0 Å². The second-order valence-corrected chi connectivity index (χ2v) is 9.59. The van der Waals surface area contributed by atoms with Gasteiger partial charge in [-0.15, -0.1) is 0 Å². The van der Waals surface area contributed by atoms with Crippen molar-refractivity contribution in [3.8, 4) is 22.6 Å². The standard InChI is InChI=1S/C20H17FN4O3S/c21-14-7-8-15-16(11-14)23-20(9-4-10-29(27,28)12-20)25-18(15)22-19(26)17(24-25)13-5-2-1-3-6-13/h1-3,5-8,11,23H,4,9-10,12H2/t20-/m1/s1. The van der Waals surface area contributed by atoms with Gasteiger partial charge in [0.15, 0.2) is 21.4 Å². The molecule has 1 atom stereocenters. The number of benzene rings is 2. The SMILES string of the molecule is O=c1nc2n(nc1-c1ccccc1)[C@@]1(CCCS(=O)(=O)C1)Nc1cc(F)ccc1-2. The van der Waals surface area contributed by atoms with Crippen LogP contribution in [0.5, 0.6) is 0 Å². The molecule has 1 fully saturated rings. The van der Waals surface area contributed by atoms with Crippen LogP contribution in [0.2, 0.25) is 0 Å². The number of aromatic nitrogens is 3. The Morgan fingerprint density at radius 2 is 1.93 bits per heavy atom. The Balaban J connectivity index is 1.81. The van der Waals surface area contributed by atoms with Crippen molar-refractivity contribution in [3.63, 3.8) is 0 Å². The molecule has 7 nitrogen and oxygen atoms in total. The first-order chi connectivity index (χ1) is 13.9. The van der Waals surface area contributed by atoms with Gasteiger partial charge < -0.3 is 5.32 Å². The fraction of sp³-hybridized carbons (Fsp3) is 0.250. The molecule has 1 spiro atoms. The molecule has 1 saturated heterocycles. The van der Waals surface area contributed by atoms with Gasteiger partial charge in [-0.3, -0.25) is 4.79 Å². The summed E-state index contributed by atoms with van der Waals surface area (Å²) in [7, 11) is -3.36. The van der Waals surface area contributed by atoms with Gasteiger partial charge in [0.25, 0.3) is 5.56 Å². The third-order valence-electron chi connectivity index (χ3n) is 5.36. The van der Waals surface area contributed by atoms with Crippen LogP contribution < -0.4 is 10.9 Å². The molecule has 0 aliphatic carbocycles. The van der Waals surface area contributed by atoms with Crippen molar-refractivity contribution in [1.82, 2.24) is 14.8 Å². The molecule has 2 aliphatic rings. The summed E-state index contributed by atoms with van der Waals surface area (Å²) in [5.74, 6) is -0.356. The zero-order valence-electron chi connectivity index (χ0n) is 15.3. The van der Waals surface area contributed by atoms with Crippen LogP contribution in [0.25, 0.3) is 22.6 Å². The van der Waals surface area contributed by atoms with Gasteiger partial charge in [0, 0.05) is 16.8 Å². The molecule has 2 aliphatic heterocycles. The third kappa shape index (κ3) is 2.93. The van der Waals surface area contributed by atoms with E-state index >= 15 is 0 Å². The number of hydrogen-bond donors (Lipinski definition) is 1. The van der Waals surface area contributed by atoms with Crippen LogP contribution >= 0.6 is 0 Å². The summed E-state index contributed by atoms with van der Waals surface area (Å²) < 4.78 is 40.4. The second-order valence-electron chi connectivity index (χ2n) is 7.41. The topological polar surface area (TPSA) is 93.9 Å². The van der Waals surface area contributed by atoms with Gasteiger partial charge >= 0.3 is 0 Å². The van der Waals surface area contributed by atoms with E-state index in [9.17, 15) is 17.6 Å². The quantitative estimate of drug-likeness (QED) is 0.660. The van der Waals surface area contributed by atoms with Crippen molar-refractivity contribution in [1.29, 1.82) is 0 Å². The van der Waals surface area contributed by atoms with Gasteiger partial charge in [-0.05, 0) is 31.0 Å². The van der Waals surface area contributed by atoms with Crippen molar-refractivity contribution in [2.45, 2.75) is 18.5 Å². The van der Waals surface area contributed by atoms with Crippen LogP contribution in [0, 0.1) is 5.82 Å². The first-order valence-corrected chi connectivity index (χ1v) is 11.0. The van der Waals surface area contributed by atoms with Crippen LogP contribution in [-0.2, 0) is 15.5 Å². The lowest BCUT2D eigenvalue weighted by atomic mass is 9.99. The highest BCUT2D eigenvalue weighted by Gasteiger charge is 2.46. The maximum atomic E-state index is 13.9. The Labute approximate surface area is 166 Å². The summed E-state index contributed by atoms with van der Waals surface area (Å²) in [6, 6.07) is 13.0. The first kappa shape index (κ1) is 18.0. The third-order valence-corrected chi connectivity index (χ3v) is 7.19. The Morgan fingerprint density at radius 1 is 1.14 bits per heavy atom. The fourth-order valence-corrected chi connectivity index (χ4v) is 5.91. The van der Waals surface area contributed by atoms with Gasteiger partial charge in [-0.2, -0.15) is 10.1 Å². The summed E-state index contributed by atoms with van der Waals surface area (Å²) in [5, 5.41) is 7.77. The van der Waals surface area contributed by atoms with Crippen LogP contribution in [0.3, 0.4) is 0 Å². The highest BCUT2D eigenvalue weighted by Crippen LogP contribution is 2.41. The van der Waals surface area contributed by atoms with Crippen LogP contribution in [0.1, 0.15) is 12.8 Å². The number of rotatable bonds is 1. The Hall–Kier alpha value is -3.07. The van der Waals surface area contributed by atoms with E-state index in [1.54, 1.807) is 24.3 Å². The number of halogens is 1. The fourth-order valence-electron chi connectivity index (χ4n) is 4.11. The van der Waals surface area contributed by atoms with Crippen LogP contribution in [0.4, 0.5) is 10.1 Å². The number of nitrogens with zero attached hydrogens (tertiary/aromatic N) is 3. The monoisotopic (exact) mass is 412 g/mol. The van der Waals surface area contributed by atoms with Crippen molar-refractivity contribution < 1.29 is 12.8 Å². The molecule has 29 heavy (non-hydrogen) atoms. The molecule has 3 heterocycles. The molecule has 0 unspecified atom stereocenters. The van der Waals surface area contributed by atoms with Crippen molar-refractivity contribution in [2.75, 3.05) is 16.8 Å². The molecule has 0 saturated carbocycles. The summed E-state index contributed by atoms with van der Waals surface area (Å²) in [6.45, 7) is 0. The Morgan fingerprint density at radius 3 is 2.69 bits per heavy atom. The number of nitrogens with one attached hydrogen (secondary N) is 1. The molecule has 2 aromatic carbocycles. The molecule has 148 valence electrons. The lowest BCUT2D eigenvalue weighted by molar-refractivity contribution is 0.290. The van der Waals surface area contributed by atoms with Crippen LogP contribution in [-0.4, -0.2) is 34.7 Å². The number of hydrogen-bond acceptors (Lipinski definition) is 6. The first-order valence-electron chi connectivity index (χ1n) is 9.23. The smallest absolute Gasteiger partial charge is 0.300 e. The molecule has 5 rings (SSSR count). The van der Waals surface area contributed by atoms with E-state index < -0.39 is 26.9 Å². The van der Waals surface area contributed by atoms with Gasteiger partial charge in [-0.25, -0.2) is 17.5 Å². The summed E-state index contributed by atoms with van der Waals surface area (Å²) >= 11 is 0. The summed E-state index contributed by atoms with van der Waals surface area (Å²) in [5.41, 5.74) is 0.00115. The van der Waals surface area contributed by atoms with E-state index in [1.165, 1.54) is 22.9 Å². The van der Waals surface area contributed by atoms with Crippen molar-refractivity contribution in [2.24, 2.45) is 0 Å². The van der Waals surface area contributed by atoms with Gasteiger partial charge in [0.05, 0.1) is 11.5 Å². The minimum atomic E-state index is -3.36. The van der Waals surface area contributed by atoms with E-state index in [0.29, 0.717) is 29.7 Å². The molecular formula is C20H17FN4O3S. The number of fused-ring (bicyclic) bond motifs is 4. The van der Waals surface area contributed by atoms with Crippen molar-refractivity contribution in [3.05, 3.63) is 64.7 Å². The highest BCUT2D eigenvalue weighted by atomic mass is 32.2. The normalized spacial score (nSPS) is 21.8.